The number of hydrogen-bond acceptors (Lipinski definition) is 3. The van der Waals surface area contributed by atoms with E-state index in [2.05, 4.69) is 40.5 Å². The number of piperidine rings is 1. The van der Waals surface area contributed by atoms with Gasteiger partial charge in [-0.15, -0.1) is 0 Å². The first-order valence-electron chi connectivity index (χ1n) is 8.20. The smallest absolute Gasteiger partial charge is 0.317 e. The normalized spacial score (nSPS) is 20.7. The van der Waals surface area contributed by atoms with E-state index in [1.165, 1.54) is 5.56 Å². The molecule has 0 atom stereocenters. The van der Waals surface area contributed by atoms with Crippen LogP contribution in [0.2, 0.25) is 0 Å². The van der Waals surface area contributed by atoms with Gasteiger partial charge in [-0.05, 0) is 24.8 Å². The summed E-state index contributed by atoms with van der Waals surface area (Å²) in [6.07, 6.45) is 2.78. The van der Waals surface area contributed by atoms with Crippen LogP contribution in [0.15, 0.2) is 30.3 Å². The maximum atomic E-state index is 11.9. The Labute approximate surface area is 131 Å². The van der Waals surface area contributed by atoms with Crippen molar-refractivity contribution in [2.75, 3.05) is 32.7 Å². The van der Waals surface area contributed by atoms with Crippen molar-refractivity contribution in [3.8, 4) is 0 Å². The molecule has 0 saturated carbocycles. The van der Waals surface area contributed by atoms with Crippen LogP contribution < -0.4 is 5.32 Å². The number of nitrogens with zero attached hydrogens (tertiary/aromatic N) is 2. The zero-order chi connectivity index (χ0) is 15.4. The van der Waals surface area contributed by atoms with Gasteiger partial charge in [-0.3, -0.25) is 0 Å². The second-order valence-electron chi connectivity index (χ2n) is 6.36. The summed E-state index contributed by atoms with van der Waals surface area (Å²) in [4.78, 5) is 16.1. The van der Waals surface area contributed by atoms with Crippen molar-refractivity contribution in [3.05, 3.63) is 35.9 Å². The van der Waals surface area contributed by atoms with Gasteiger partial charge in [0, 0.05) is 25.7 Å². The van der Waals surface area contributed by atoms with Gasteiger partial charge < -0.3 is 20.2 Å². The van der Waals surface area contributed by atoms with E-state index >= 15 is 0 Å². The number of rotatable bonds is 4. The number of benzene rings is 1. The maximum Gasteiger partial charge on any atom is 0.317 e. The highest BCUT2D eigenvalue weighted by atomic mass is 16.3. The Morgan fingerprint density at radius 3 is 2.50 bits per heavy atom. The number of urea groups is 1. The monoisotopic (exact) mass is 303 g/mol. The zero-order valence-corrected chi connectivity index (χ0v) is 12.9. The SMILES string of the molecule is O=C(NC1CCN(CCc2ccccc2)CC1)N1CC(O)C1. The molecular formula is C17H25N3O2. The van der Waals surface area contributed by atoms with Crippen LogP contribution in [0.25, 0.3) is 0 Å². The van der Waals surface area contributed by atoms with Gasteiger partial charge in [-0.25, -0.2) is 4.79 Å². The molecule has 2 aliphatic heterocycles. The molecular weight excluding hydrogens is 278 g/mol. The van der Waals surface area contributed by atoms with Crippen molar-refractivity contribution < 1.29 is 9.90 Å². The molecule has 2 saturated heterocycles. The molecule has 0 aliphatic carbocycles. The predicted molar refractivity (Wildman–Crippen MR) is 85.7 cm³/mol. The molecule has 3 rings (SSSR count). The third kappa shape index (κ3) is 3.99. The minimum Gasteiger partial charge on any atom is -0.389 e. The fourth-order valence-electron chi connectivity index (χ4n) is 3.12. The summed E-state index contributed by atoms with van der Waals surface area (Å²) in [7, 11) is 0. The first kappa shape index (κ1) is 15.3. The van der Waals surface area contributed by atoms with Crippen LogP contribution in [0, 0.1) is 0 Å². The van der Waals surface area contributed by atoms with Crippen LogP contribution in [0.3, 0.4) is 0 Å². The van der Waals surface area contributed by atoms with E-state index in [0.717, 1.165) is 38.9 Å². The average molecular weight is 303 g/mol. The number of amides is 2. The largest absolute Gasteiger partial charge is 0.389 e. The van der Waals surface area contributed by atoms with Gasteiger partial charge in [0.2, 0.25) is 0 Å². The Balaban J connectivity index is 1.34. The number of nitrogens with one attached hydrogen (secondary N) is 1. The van der Waals surface area contributed by atoms with Gasteiger partial charge in [0.15, 0.2) is 0 Å². The number of hydrogen-bond donors (Lipinski definition) is 2. The molecule has 0 unspecified atom stereocenters. The topological polar surface area (TPSA) is 55.8 Å². The van der Waals surface area contributed by atoms with E-state index in [9.17, 15) is 9.90 Å². The first-order valence-corrected chi connectivity index (χ1v) is 8.20. The van der Waals surface area contributed by atoms with Crippen molar-refractivity contribution in [2.45, 2.75) is 31.4 Å². The first-order chi connectivity index (χ1) is 10.7. The average Bonchev–Trinajstić information content (AvgIpc) is 2.52. The molecule has 2 aliphatic rings. The molecule has 0 radical (unpaired) electrons. The van der Waals surface area contributed by atoms with E-state index in [1.807, 2.05) is 0 Å². The second-order valence-corrected chi connectivity index (χ2v) is 6.36. The van der Waals surface area contributed by atoms with Crippen LogP contribution >= 0.6 is 0 Å². The van der Waals surface area contributed by atoms with Crippen LogP contribution in [0.5, 0.6) is 0 Å². The van der Waals surface area contributed by atoms with Gasteiger partial charge in [-0.2, -0.15) is 0 Å². The lowest BCUT2D eigenvalue weighted by molar-refractivity contribution is 0.0249. The van der Waals surface area contributed by atoms with Gasteiger partial charge in [-0.1, -0.05) is 30.3 Å². The van der Waals surface area contributed by atoms with Gasteiger partial charge in [0.1, 0.15) is 0 Å². The van der Waals surface area contributed by atoms with Crippen LogP contribution in [0.4, 0.5) is 4.79 Å². The molecule has 120 valence electrons. The number of aliphatic hydroxyl groups excluding tert-OH is 1. The highest BCUT2D eigenvalue weighted by Crippen LogP contribution is 2.13. The molecule has 2 fully saturated rings. The molecule has 1 aromatic rings. The Bertz CT molecular complexity index is 480. The van der Waals surface area contributed by atoms with Crippen molar-refractivity contribution in [1.29, 1.82) is 0 Å². The lowest BCUT2D eigenvalue weighted by Crippen LogP contribution is -2.59. The molecule has 0 bridgehead atoms. The van der Waals surface area contributed by atoms with Crippen molar-refractivity contribution in [2.24, 2.45) is 0 Å². The molecule has 2 N–H and O–H groups in total. The van der Waals surface area contributed by atoms with E-state index < -0.39 is 0 Å². The van der Waals surface area contributed by atoms with Crippen LogP contribution in [0.1, 0.15) is 18.4 Å². The van der Waals surface area contributed by atoms with E-state index in [0.29, 0.717) is 13.1 Å². The maximum absolute atomic E-state index is 11.9. The summed E-state index contributed by atoms with van der Waals surface area (Å²) in [6.45, 7) is 4.12. The van der Waals surface area contributed by atoms with Crippen LogP contribution in [-0.2, 0) is 6.42 Å². The summed E-state index contributed by atoms with van der Waals surface area (Å²) >= 11 is 0. The Morgan fingerprint density at radius 2 is 1.86 bits per heavy atom. The summed E-state index contributed by atoms with van der Waals surface area (Å²) in [5, 5.41) is 12.3. The van der Waals surface area contributed by atoms with E-state index in [-0.39, 0.29) is 18.2 Å². The fourth-order valence-corrected chi connectivity index (χ4v) is 3.12. The summed E-state index contributed by atoms with van der Waals surface area (Å²) in [5.41, 5.74) is 1.38. The number of carbonyl (C=O) groups excluding carboxylic acids is 1. The van der Waals surface area contributed by atoms with Gasteiger partial charge in [0.25, 0.3) is 0 Å². The minimum absolute atomic E-state index is 0.0203. The second kappa shape index (κ2) is 7.11. The summed E-state index contributed by atoms with van der Waals surface area (Å²) in [6, 6.07) is 10.8. The third-order valence-electron chi connectivity index (χ3n) is 4.62. The highest BCUT2D eigenvalue weighted by molar-refractivity contribution is 5.75. The van der Waals surface area contributed by atoms with Crippen molar-refractivity contribution in [1.82, 2.24) is 15.1 Å². The van der Waals surface area contributed by atoms with Crippen molar-refractivity contribution >= 4 is 6.03 Å². The lowest BCUT2D eigenvalue weighted by Gasteiger charge is -2.38. The Hall–Kier alpha value is -1.59. The van der Waals surface area contributed by atoms with E-state index in [4.69, 9.17) is 0 Å². The molecule has 0 spiro atoms. The molecule has 0 aromatic heterocycles. The molecule has 5 heteroatoms. The number of likely N-dealkylation sites (tertiary alicyclic amines) is 2. The summed E-state index contributed by atoms with van der Waals surface area (Å²) in [5.74, 6) is 0. The lowest BCUT2D eigenvalue weighted by atomic mass is 10.0. The Kier molecular flexibility index (Phi) is 4.95. The quantitative estimate of drug-likeness (QED) is 0.875. The third-order valence-corrected chi connectivity index (χ3v) is 4.62. The molecule has 2 amide bonds. The van der Waals surface area contributed by atoms with Gasteiger partial charge in [0.05, 0.1) is 19.2 Å². The Morgan fingerprint density at radius 1 is 1.18 bits per heavy atom. The standard InChI is InChI=1S/C17H25N3O2/c21-16-12-20(13-16)17(22)18-15-7-10-19(11-8-15)9-6-14-4-2-1-3-5-14/h1-5,15-16,21H,6-13H2,(H,18,22). The van der Waals surface area contributed by atoms with E-state index in [1.54, 1.807) is 4.90 Å². The number of carbonyl (C=O) groups is 1. The predicted octanol–water partition coefficient (Wildman–Crippen LogP) is 1.08. The molecule has 2 heterocycles. The minimum atomic E-state index is -0.328. The summed E-state index contributed by atoms with van der Waals surface area (Å²) < 4.78 is 0. The zero-order valence-electron chi connectivity index (χ0n) is 12.9. The number of β-amino-alcohol motifs (C(OH)–C–C–N with tert-alkyl or cyclic N) is 1. The number of aliphatic hydroxyl groups is 1. The van der Waals surface area contributed by atoms with Crippen molar-refractivity contribution in [3.63, 3.8) is 0 Å². The molecule has 1 aromatic carbocycles. The van der Waals surface area contributed by atoms with Crippen LogP contribution in [-0.4, -0.2) is 65.8 Å². The molecule has 5 nitrogen and oxygen atoms in total. The molecule has 22 heavy (non-hydrogen) atoms. The van der Waals surface area contributed by atoms with Gasteiger partial charge >= 0.3 is 6.03 Å². The fraction of sp³-hybridized carbons (Fsp3) is 0.588. The highest BCUT2D eigenvalue weighted by Gasteiger charge is 2.30.